The summed E-state index contributed by atoms with van der Waals surface area (Å²) in [7, 11) is 0. The van der Waals surface area contributed by atoms with Crippen LogP contribution in [0.3, 0.4) is 0 Å². The number of carbonyl (C=O) groups excluding carboxylic acids is 2. The van der Waals surface area contributed by atoms with Crippen molar-refractivity contribution in [1.29, 1.82) is 0 Å². The van der Waals surface area contributed by atoms with E-state index in [1.807, 2.05) is 24.3 Å². The molecule has 2 amide bonds. The van der Waals surface area contributed by atoms with E-state index < -0.39 is 11.7 Å². The van der Waals surface area contributed by atoms with Crippen molar-refractivity contribution in [1.82, 2.24) is 9.80 Å². The van der Waals surface area contributed by atoms with E-state index in [0.717, 1.165) is 25.0 Å². The number of hydrogen-bond acceptors (Lipinski definition) is 3. The van der Waals surface area contributed by atoms with Crippen LogP contribution in [0, 0.1) is 0 Å². The topological polar surface area (TPSA) is 49.9 Å². The molecule has 8 heteroatoms. The second-order valence-corrected chi connectivity index (χ2v) is 7.78. The number of amides is 2. The van der Waals surface area contributed by atoms with E-state index in [1.54, 1.807) is 9.80 Å². The Morgan fingerprint density at radius 2 is 1.53 bits per heavy atom. The molecule has 1 aliphatic rings. The van der Waals surface area contributed by atoms with E-state index in [0.29, 0.717) is 38.3 Å². The molecular formula is C24H27F3N2O3. The Morgan fingerprint density at radius 1 is 0.906 bits per heavy atom. The van der Waals surface area contributed by atoms with Gasteiger partial charge in [0.15, 0.2) is 6.61 Å². The average Bonchev–Trinajstić information content (AvgIpc) is 3.04. The molecule has 1 heterocycles. The zero-order valence-corrected chi connectivity index (χ0v) is 18.0. The smallest absolute Gasteiger partial charge is 0.416 e. The van der Waals surface area contributed by atoms with Gasteiger partial charge in [-0.15, -0.1) is 0 Å². The highest BCUT2D eigenvalue weighted by molar-refractivity contribution is 5.94. The number of benzene rings is 2. The van der Waals surface area contributed by atoms with Gasteiger partial charge in [0, 0.05) is 31.7 Å². The first-order chi connectivity index (χ1) is 15.3. The van der Waals surface area contributed by atoms with Crippen LogP contribution in [0.25, 0.3) is 0 Å². The lowest BCUT2D eigenvalue weighted by atomic mass is 10.1. The summed E-state index contributed by atoms with van der Waals surface area (Å²) in [6, 6.07) is 11.9. The Labute approximate surface area is 185 Å². The molecule has 0 saturated carbocycles. The molecule has 1 saturated heterocycles. The minimum atomic E-state index is -4.44. The summed E-state index contributed by atoms with van der Waals surface area (Å²) in [6.45, 7) is 3.63. The van der Waals surface area contributed by atoms with Crippen LogP contribution in [0.5, 0.6) is 5.75 Å². The van der Waals surface area contributed by atoms with Crippen LogP contribution in [0.4, 0.5) is 13.2 Å². The molecule has 0 aliphatic carbocycles. The highest BCUT2D eigenvalue weighted by Gasteiger charge is 2.30. The summed E-state index contributed by atoms with van der Waals surface area (Å²) in [5.41, 5.74) is 0.630. The lowest BCUT2D eigenvalue weighted by Crippen LogP contribution is -2.39. The first-order valence-corrected chi connectivity index (χ1v) is 10.7. The van der Waals surface area contributed by atoms with Crippen LogP contribution in [0.2, 0.25) is 0 Å². The third-order valence-electron chi connectivity index (χ3n) is 5.42. The number of hydrogen-bond donors (Lipinski definition) is 0. The van der Waals surface area contributed by atoms with E-state index in [4.69, 9.17) is 4.74 Å². The van der Waals surface area contributed by atoms with Crippen molar-refractivity contribution in [2.45, 2.75) is 32.4 Å². The molecule has 0 atom stereocenters. The maximum Gasteiger partial charge on any atom is 0.416 e. The summed E-state index contributed by atoms with van der Waals surface area (Å²) in [5, 5.41) is 0. The highest BCUT2D eigenvalue weighted by Crippen LogP contribution is 2.29. The maximum absolute atomic E-state index is 12.7. The molecule has 2 aromatic carbocycles. The first kappa shape index (κ1) is 23.6. The van der Waals surface area contributed by atoms with Crippen molar-refractivity contribution in [3.05, 3.63) is 65.2 Å². The van der Waals surface area contributed by atoms with Crippen molar-refractivity contribution in [3.63, 3.8) is 0 Å². The molecule has 1 fully saturated rings. The summed E-state index contributed by atoms with van der Waals surface area (Å²) in [5.74, 6) is 0.134. The summed E-state index contributed by atoms with van der Waals surface area (Å²) in [4.78, 5) is 28.5. The van der Waals surface area contributed by atoms with Gasteiger partial charge in [-0.3, -0.25) is 9.59 Å². The number of nitrogens with zero attached hydrogens (tertiary/aromatic N) is 2. The SMILES string of the molecule is CCCc1ccc(OCC(=O)N2CCCN(C(=O)c3ccc(C(F)(F)F)cc3)CC2)cc1. The molecule has 0 N–H and O–H groups in total. The minimum Gasteiger partial charge on any atom is -0.484 e. The molecular weight excluding hydrogens is 421 g/mol. The molecule has 1 aliphatic heterocycles. The number of halogens is 3. The van der Waals surface area contributed by atoms with Crippen LogP contribution < -0.4 is 4.74 Å². The maximum atomic E-state index is 12.7. The second kappa shape index (κ2) is 10.5. The van der Waals surface area contributed by atoms with Crippen LogP contribution in [0.1, 0.15) is 41.3 Å². The van der Waals surface area contributed by atoms with Gasteiger partial charge >= 0.3 is 6.18 Å². The van der Waals surface area contributed by atoms with Crippen LogP contribution >= 0.6 is 0 Å². The van der Waals surface area contributed by atoms with Crippen LogP contribution in [-0.2, 0) is 17.4 Å². The molecule has 0 spiro atoms. The van der Waals surface area contributed by atoms with Gasteiger partial charge in [-0.05, 0) is 54.8 Å². The minimum absolute atomic E-state index is 0.0834. The lowest BCUT2D eigenvalue weighted by Gasteiger charge is -2.22. The van der Waals surface area contributed by atoms with Gasteiger partial charge < -0.3 is 14.5 Å². The number of rotatable bonds is 6. The molecule has 0 unspecified atom stereocenters. The average molecular weight is 448 g/mol. The predicted octanol–water partition coefficient (Wildman–Crippen LogP) is 4.41. The van der Waals surface area contributed by atoms with Gasteiger partial charge in [0.05, 0.1) is 5.56 Å². The van der Waals surface area contributed by atoms with Crippen molar-refractivity contribution in [3.8, 4) is 5.75 Å². The molecule has 32 heavy (non-hydrogen) atoms. The van der Waals surface area contributed by atoms with Gasteiger partial charge in [0.25, 0.3) is 11.8 Å². The summed E-state index contributed by atoms with van der Waals surface area (Å²) < 4.78 is 43.8. The number of carbonyl (C=O) groups is 2. The Morgan fingerprint density at radius 3 is 2.16 bits per heavy atom. The summed E-state index contributed by atoms with van der Waals surface area (Å²) >= 11 is 0. The molecule has 0 radical (unpaired) electrons. The Hall–Kier alpha value is -3.03. The molecule has 5 nitrogen and oxygen atoms in total. The van der Waals surface area contributed by atoms with Crippen molar-refractivity contribution >= 4 is 11.8 Å². The normalized spacial score (nSPS) is 14.8. The molecule has 3 rings (SSSR count). The molecule has 172 valence electrons. The largest absolute Gasteiger partial charge is 0.484 e. The van der Waals surface area contributed by atoms with Crippen LogP contribution in [-0.4, -0.2) is 54.4 Å². The third-order valence-corrected chi connectivity index (χ3v) is 5.42. The fraction of sp³-hybridized carbons (Fsp3) is 0.417. The Kier molecular flexibility index (Phi) is 7.77. The Balaban J connectivity index is 1.51. The van der Waals surface area contributed by atoms with Crippen LogP contribution in [0.15, 0.2) is 48.5 Å². The second-order valence-electron chi connectivity index (χ2n) is 7.78. The molecule has 2 aromatic rings. The van der Waals surface area contributed by atoms with E-state index >= 15 is 0 Å². The molecule has 0 bridgehead atoms. The third kappa shape index (κ3) is 6.24. The standard InChI is InChI=1S/C24H27F3N2O3/c1-2-4-18-5-11-21(12-6-18)32-17-22(30)28-13-3-14-29(16-15-28)23(31)19-7-9-20(10-8-19)24(25,26)27/h5-12H,2-4,13-17H2,1H3. The van der Waals surface area contributed by atoms with Crippen molar-refractivity contribution in [2.75, 3.05) is 32.8 Å². The van der Waals surface area contributed by atoms with Crippen molar-refractivity contribution in [2.24, 2.45) is 0 Å². The van der Waals surface area contributed by atoms with Gasteiger partial charge in [-0.2, -0.15) is 13.2 Å². The van der Waals surface area contributed by atoms with Gasteiger partial charge in [-0.25, -0.2) is 0 Å². The lowest BCUT2D eigenvalue weighted by molar-refractivity contribution is -0.137. The zero-order valence-electron chi connectivity index (χ0n) is 18.0. The number of ether oxygens (including phenoxy) is 1. The van der Waals surface area contributed by atoms with Gasteiger partial charge in [0.1, 0.15) is 5.75 Å². The van der Waals surface area contributed by atoms with E-state index in [2.05, 4.69) is 6.92 Å². The molecule has 0 aromatic heterocycles. The first-order valence-electron chi connectivity index (χ1n) is 10.7. The zero-order chi connectivity index (χ0) is 23.1. The monoisotopic (exact) mass is 448 g/mol. The van der Waals surface area contributed by atoms with Gasteiger partial charge in [0.2, 0.25) is 0 Å². The number of alkyl halides is 3. The Bertz CT molecular complexity index is 912. The summed E-state index contributed by atoms with van der Waals surface area (Å²) in [6.07, 6.45) is -1.80. The van der Waals surface area contributed by atoms with E-state index in [-0.39, 0.29) is 24.0 Å². The number of aryl methyl sites for hydroxylation is 1. The fourth-order valence-electron chi connectivity index (χ4n) is 3.63. The van der Waals surface area contributed by atoms with Gasteiger partial charge in [-0.1, -0.05) is 25.5 Å². The van der Waals surface area contributed by atoms with E-state index in [9.17, 15) is 22.8 Å². The van der Waals surface area contributed by atoms with E-state index in [1.165, 1.54) is 17.7 Å². The highest BCUT2D eigenvalue weighted by atomic mass is 19.4. The quantitative estimate of drug-likeness (QED) is 0.658. The predicted molar refractivity (Wildman–Crippen MR) is 114 cm³/mol. The van der Waals surface area contributed by atoms with Crippen molar-refractivity contribution < 1.29 is 27.5 Å². The fourth-order valence-corrected chi connectivity index (χ4v) is 3.63.